The molecule has 0 radical (unpaired) electrons. The van der Waals surface area contributed by atoms with Gasteiger partial charge in [0.05, 0.1) is 18.0 Å². The van der Waals surface area contributed by atoms with Gasteiger partial charge in [-0.3, -0.25) is 9.29 Å². The lowest BCUT2D eigenvalue weighted by Gasteiger charge is -2.24. The number of anilines is 1. The fourth-order valence-electron chi connectivity index (χ4n) is 2.55. The van der Waals surface area contributed by atoms with E-state index in [1.165, 1.54) is 16.4 Å². The Bertz CT molecular complexity index is 1060. The van der Waals surface area contributed by atoms with Crippen molar-refractivity contribution < 1.29 is 21.9 Å². The third-order valence-electron chi connectivity index (χ3n) is 3.98. The van der Waals surface area contributed by atoms with Crippen LogP contribution in [0.2, 0.25) is 0 Å². The maximum Gasteiger partial charge on any atom is 0.235 e. The van der Waals surface area contributed by atoms with Crippen LogP contribution in [0.15, 0.2) is 67.0 Å². The highest BCUT2D eigenvalue weighted by molar-refractivity contribution is 7.92. The minimum atomic E-state index is -3.59. The number of halogens is 2. The molecule has 0 amide bonds. The molecule has 0 N–H and O–H groups in total. The predicted molar refractivity (Wildman–Crippen MR) is 103 cm³/mol. The molecule has 0 aliphatic carbocycles. The van der Waals surface area contributed by atoms with E-state index in [9.17, 15) is 17.2 Å². The second-order valence-electron chi connectivity index (χ2n) is 5.94. The maximum absolute atomic E-state index is 13.8. The minimum absolute atomic E-state index is 0.0923. The van der Waals surface area contributed by atoms with Gasteiger partial charge < -0.3 is 4.74 Å². The topological polar surface area (TPSA) is 59.5 Å². The summed E-state index contributed by atoms with van der Waals surface area (Å²) in [7, 11) is -3.59. The van der Waals surface area contributed by atoms with Crippen LogP contribution in [0.4, 0.5) is 14.5 Å². The maximum atomic E-state index is 13.8. The minimum Gasteiger partial charge on any atom is -0.454 e. The van der Waals surface area contributed by atoms with Gasteiger partial charge in [0, 0.05) is 24.5 Å². The van der Waals surface area contributed by atoms with Crippen LogP contribution in [-0.2, 0) is 16.6 Å². The molecule has 0 saturated heterocycles. The van der Waals surface area contributed by atoms with Crippen molar-refractivity contribution in [2.24, 2.45) is 0 Å². The molecule has 28 heavy (non-hydrogen) atoms. The van der Waals surface area contributed by atoms with E-state index >= 15 is 0 Å². The van der Waals surface area contributed by atoms with Crippen LogP contribution in [0, 0.1) is 11.6 Å². The first-order valence-corrected chi connectivity index (χ1v) is 10.1. The van der Waals surface area contributed by atoms with E-state index in [0.29, 0.717) is 5.69 Å². The van der Waals surface area contributed by atoms with Gasteiger partial charge in [-0.1, -0.05) is 12.1 Å². The summed E-state index contributed by atoms with van der Waals surface area (Å²) in [6.07, 6.45) is 3.19. The van der Waals surface area contributed by atoms with Gasteiger partial charge in [-0.15, -0.1) is 0 Å². The third-order valence-corrected chi connectivity index (χ3v) is 5.72. The van der Waals surface area contributed by atoms with Gasteiger partial charge in [0.25, 0.3) is 0 Å². The van der Waals surface area contributed by atoms with Gasteiger partial charge >= 0.3 is 0 Å². The van der Waals surface area contributed by atoms with E-state index in [4.69, 9.17) is 4.74 Å². The first-order chi connectivity index (χ1) is 13.4. The van der Waals surface area contributed by atoms with E-state index in [1.807, 2.05) is 0 Å². The van der Waals surface area contributed by atoms with Crippen molar-refractivity contribution in [1.29, 1.82) is 0 Å². The molecule has 8 heteroatoms. The second-order valence-corrected chi connectivity index (χ2v) is 8.12. The Morgan fingerprint density at radius 2 is 1.89 bits per heavy atom. The van der Waals surface area contributed by atoms with Gasteiger partial charge in [0.15, 0.2) is 11.6 Å². The fourth-order valence-corrected chi connectivity index (χ4v) is 3.64. The summed E-state index contributed by atoms with van der Waals surface area (Å²) in [4.78, 5) is 4.01. The standard InChI is InChI=1S/C20H18F2N2O3S/c1-2-28(25,26)24(14-15-5-4-10-23-13-15)17-6-3-7-18(12-17)27-20-9-8-16(21)11-19(20)22/h3-13H,2,14H2,1H3. The molecule has 0 aliphatic rings. The molecule has 0 aliphatic heterocycles. The van der Waals surface area contributed by atoms with Crippen LogP contribution in [0.3, 0.4) is 0 Å². The van der Waals surface area contributed by atoms with Crippen LogP contribution < -0.4 is 9.04 Å². The number of pyridine rings is 1. The third kappa shape index (κ3) is 4.64. The van der Waals surface area contributed by atoms with Crippen LogP contribution in [0.25, 0.3) is 0 Å². The van der Waals surface area contributed by atoms with Crippen LogP contribution >= 0.6 is 0 Å². The highest BCUT2D eigenvalue weighted by Crippen LogP contribution is 2.30. The number of sulfonamides is 1. The lowest BCUT2D eigenvalue weighted by Crippen LogP contribution is -2.31. The summed E-state index contributed by atoms with van der Waals surface area (Å²) >= 11 is 0. The number of hydrogen-bond acceptors (Lipinski definition) is 4. The summed E-state index contributed by atoms with van der Waals surface area (Å²) in [5, 5.41) is 0. The summed E-state index contributed by atoms with van der Waals surface area (Å²) in [5.41, 5.74) is 1.08. The highest BCUT2D eigenvalue weighted by atomic mass is 32.2. The van der Waals surface area contributed by atoms with Gasteiger partial charge in [-0.2, -0.15) is 0 Å². The number of hydrogen-bond donors (Lipinski definition) is 0. The molecule has 0 spiro atoms. The first kappa shape index (κ1) is 19.8. The SMILES string of the molecule is CCS(=O)(=O)N(Cc1cccnc1)c1cccc(Oc2ccc(F)cc2F)c1. The molecular weight excluding hydrogens is 386 g/mol. The monoisotopic (exact) mass is 404 g/mol. The van der Waals surface area contributed by atoms with E-state index in [-0.39, 0.29) is 23.8 Å². The van der Waals surface area contributed by atoms with Gasteiger partial charge in [-0.25, -0.2) is 17.2 Å². The van der Waals surface area contributed by atoms with Gasteiger partial charge in [0.2, 0.25) is 10.0 Å². The van der Waals surface area contributed by atoms with Crippen molar-refractivity contribution in [2.75, 3.05) is 10.1 Å². The van der Waals surface area contributed by atoms with Crippen LogP contribution in [0.5, 0.6) is 11.5 Å². The Hall–Kier alpha value is -3.00. The number of rotatable bonds is 7. The molecule has 0 bridgehead atoms. The molecule has 3 rings (SSSR count). The van der Waals surface area contributed by atoms with E-state index in [0.717, 1.165) is 17.7 Å². The van der Waals surface area contributed by atoms with Crippen molar-refractivity contribution in [2.45, 2.75) is 13.5 Å². The summed E-state index contributed by atoms with van der Waals surface area (Å²) in [6, 6.07) is 12.8. The summed E-state index contributed by atoms with van der Waals surface area (Å²) in [6.45, 7) is 1.65. The lowest BCUT2D eigenvalue weighted by molar-refractivity contribution is 0.438. The first-order valence-electron chi connectivity index (χ1n) is 8.51. The Labute approximate surface area is 162 Å². The Morgan fingerprint density at radius 3 is 2.57 bits per heavy atom. The number of nitrogens with zero attached hydrogens (tertiary/aromatic N) is 2. The smallest absolute Gasteiger partial charge is 0.235 e. The van der Waals surface area contributed by atoms with E-state index in [2.05, 4.69) is 4.98 Å². The average molecular weight is 404 g/mol. The predicted octanol–water partition coefficient (Wildman–Crippen LogP) is 4.51. The molecule has 146 valence electrons. The average Bonchev–Trinajstić information content (AvgIpc) is 2.69. The van der Waals surface area contributed by atoms with Crippen molar-refractivity contribution >= 4 is 15.7 Å². The molecule has 5 nitrogen and oxygen atoms in total. The quantitative estimate of drug-likeness (QED) is 0.581. The van der Waals surface area contributed by atoms with Crippen molar-refractivity contribution in [3.05, 3.63) is 84.2 Å². The van der Waals surface area contributed by atoms with Crippen molar-refractivity contribution in [3.8, 4) is 11.5 Å². The highest BCUT2D eigenvalue weighted by Gasteiger charge is 2.21. The van der Waals surface area contributed by atoms with Crippen LogP contribution in [0.1, 0.15) is 12.5 Å². The summed E-state index contributed by atoms with van der Waals surface area (Å²) in [5.74, 6) is -1.58. The zero-order chi connectivity index (χ0) is 20.1. The lowest BCUT2D eigenvalue weighted by atomic mass is 10.2. The number of aromatic nitrogens is 1. The number of benzene rings is 2. The normalized spacial score (nSPS) is 11.2. The molecule has 0 atom stereocenters. The largest absolute Gasteiger partial charge is 0.454 e. The molecule has 0 fully saturated rings. The van der Waals surface area contributed by atoms with Crippen LogP contribution in [-0.4, -0.2) is 19.2 Å². The molecule has 0 unspecified atom stereocenters. The van der Waals surface area contributed by atoms with Gasteiger partial charge in [0.1, 0.15) is 11.6 Å². The Balaban J connectivity index is 1.94. The molecule has 1 heterocycles. The van der Waals surface area contributed by atoms with Crippen molar-refractivity contribution in [1.82, 2.24) is 4.98 Å². The second kappa shape index (κ2) is 8.35. The zero-order valence-corrected chi connectivity index (χ0v) is 15.9. The molecular formula is C20H18F2N2O3S. The Kier molecular flexibility index (Phi) is 5.89. The fraction of sp³-hybridized carbons (Fsp3) is 0.150. The molecule has 2 aromatic carbocycles. The summed E-state index contributed by atoms with van der Waals surface area (Å²) < 4.78 is 58.9. The molecule has 0 saturated carbocycles. The van der Waals surface area contributed by atoms with E-state index < -0.39 is 21.7 Å². The van der Waals surface area contributed by atoms with Crippen molar-refractivity contribution in [3.63, 3.8) is 0 Å². The van der Waals surface area contributed by atoms with Gasteiger partial charge in [-0.05, 0) is 42.8 Å². The molecule has 1 aromatic heterocycles. The zero-order valence-electron chi connectivity index (χ0n) is 15.0. The Morgan fingerprint density at radius 1 is 1.07 bits per heavy atom. The van der Waals surface area contributed by atoms with E-state index in [1.54, 1.807) is 49.6 Å². The molecule has 3 aromatic rings. The number of ether oxygens (including phenoxy) is 1.